The molecule has 108 valence electrons. The normalized spacial score (nSPS) is 11.5. The van der Waals surface area contributed by atoms with Gasteiger partial charge in [-0.25, -0.2) is 0 Å². The van der Waals surface area contributed by atoms with E-state index in [-0.39, 0.29) is 0 Å². The molecule has 0 aromatic carbocycles. The average Bonchev–Trinajstić information content (AvgIpc) is 2.39. The molecule has 0 saturated heterocycles. The lowest BCUT2D eigenvalue weighted by atomic mass is 10.2. The lowest BCUT2D eigenvalue weighted by molar-refractivity contribution is 0.245. The van der Waals surface area contributed by atoms with E-state index in [1.165, 1.54) is 17.7 Å². The van der Waals surface area contributed by atoms with Gasteiger partial charge in [-0.15, -0.1) is 0 Å². The summed E-state index contributed by atoms with van der Waals surface area (Å²) in [6, 6.07) is 4.35. The molecule has 0 unspecified atom stereocenters. The molecular formula is C16H29N3. The third-order valence-corrected chi connectivity index (χ3v) is 3.10. The number of hydrogen-bond donors (Lipinski definition) is 1. The molecule has 0 atom stereocenters. The van der Waals surface area contributed by atoms with Crippen molar-refractivity contribution in [3.63, 3.8) is 0 Å². The van der Waals surface area contributed by atoms with E-state index in [1.807, 2.05) is 6.20 Å². The van der Waals surface area contributed by atoms with Crippen molar-refractivity contribution in [3.05, 3.63) is 29.6 Å². The summed E-state index contributed by atoms with van der Waals surface area (Å²) in [5.74, 6) is 0.706. The van der Waals surface area contributed by atoms with Crippen molar-refractivity contribution in [2.75, 3.05) is 19.6 Å². The Morgan fingerprint density at radius 3 is 2.58 bits per heavy atom. The van der Waals surface area contributed by atoms with Crippen LogP contribution in [0.3, 0.4) is 0 Å². The van der Waals surface area contributed by atoms with Crippen molar-refractivity contribution < 1.29 is 0 Å². The van der Waals surface area contributed by atoms with E-state index in [1.54, 1.807) is 0 Å². The number of rotatable bonds is 9. The first kappa shape index (κ1) is 16.1. The third kappa shape index (κ3) is 6.69. The van der Waals surface area contributed by atoms with Crippen molar-refractivity contribution in [1.82, 2.24) is 15.2 Å². The standard InChI is InChI=1S/C16H29N3/c1-5-9-17-10-15-7-8-16(18-11-15)13-19(6-2)12-14(3)4/h7-8,11,14,17H,5-6,9-10,12-13H2,1-4H3. The second-order valence-electron chi connectivity index (χ2n) is 5.56. The van der Waals surface area contributed by atoms with Gasteiger partial charge in [0.25, 0.3) is 0 Å². The van der Waals surface area contributed by atoms with E-state index < -0.39 is 0 Å². The lowest BCUT2D eigenvalue weighted by Crippen LogP contribution is -2.27. The Morgan fingerprint density at radius 2 is 2.05 bits per heavy atom. The van der Waals surface area contributed by atoms with Crippen molar-refractivity contribution >= 4 is 0 Å². The maximum absolute atomic E-state index is 4.57. The second kappa shape index (κ2) is 9.05. The van der Waals surface area contributed by atoms with Gasteiger partial charge in [0.15, 0.2) is 0 Å². The first-order valence-corrected chi connectivity index (χ1v) is 7.52. The second-order valence-corrected chi connectivity index (χ2v) is 5.56. The highest BCUT2D eigenvalue weighted by Crippen LogP contribution is 2.06. The van der Waals surface area contributed by atoms with Crippen molar-refractivity contribution in [2.45, 2.75) is 47.2 Å². The Balaban J connectivity index is 2.46. The smallest absolute Gasteiger partial charge is 0.0544 e. The molecule has 0 saturated carbocycles. The predicted molar refractivity (Wildman–Crippen MR) is 82.0 cm³/mol. The van der Waals surface area contributed by atoms with Crippen LogP contribution in [-0.4, -0.2) is 29.5 Å². The Labute approximate surface area is 118 Å². The summed E-state index contributed by atoms with van der Waals surface area (Å²) >= 11 is 0. The number of hydrogen-bond acceptors (Lipinski definition) is 3. The van der Waals surface area contributed by atoms with Crippen LogP contribution < -0.4 is 5.32 Å². The molecule has 1 rings (SSSR count). The van der Waals surface area contributed by atoms with Gasteiger partial charge in [-0.05, 0) is 37.1 Å². The molecule has 0 fully saturated rings. The number of nitrogens with zero attached hydrogens (tertiary/aromatic N) is 2. The van der Waals surface area contributed by atoms with E-state index in [2.05, 4.69) is 55.0 Å². The predicted octanol–water partition coefficient (Wildman–Crippen LogP) is 3.06. The fourth-order valence-corrected chi connectivity index (χ4v) is 2.11. The monoisotopic (exact) mass is 263 g/mol. The van der Waals surface area contributed by atoms with E-state index in [9.17, 15) is 0 Å². The molecule has 1 aromatic rings. The van der Waals surface area contributed by atoms with Gasteiger partial charge in [0.2, 0.25) is 0 Å². The minimum absolute atomic E-state index is 0.706. The van der Waals surface area contributed by atoms with Crippen LogP contribution in [-0.2, 0) is 13.1 Å². The lowest BCUT2D eigenvalue weighted by Gasteiger charge is -2.22. The van der Waals surface area contributed by atoms with Gasteiger partial charge in [-0.2, -0.15) is 0 Å². The molecular weight excluding hydrogens is 234 g/mol. The first-order chi connectivity index (χ1) is 9.15. The highest BCUT2D eigenvalue weighted by molar-refractivity contribution is 5.13. The van der Waals surface area contributed by atoms with Gasteiger partial charge >= 0.3 is 0 Å². The molecule has 19 heavy (non-hydrogen) atoms. The SMILES string of the molecule is CCCNCc1ccc(CN(CC)CC(C)C)nc1. The Hall–Kier alpha value is -0.930. The largest absolute Gasteiger partial charge is 0.313 e. The summed E-state index contributed by atoms with van der Waals surface area (Å²) in [6.07, 6.45) is 3.17. The zero-order valence-corrected chi connectivity index (χ0v) is 12.9. The zero-order valence-electron chi connectivity index (χ0n) is 12.9. The fraction of sp³-hybridized carbons (Fsp3) is 0.688. The molecule has 1 N–H and O–H groups in total. The summed E-state index contributed by atoms with van der Waals surface area (Å²) in [7, 11) is 0. The van der Waals surface area contributed by atoms with Crippen LogP contribution in [0.25, 0.3) is 0 Å². The van der Waals surface area contributed by atoms with Gasteiger partial charge in [0, 0.05) is 25.8 Å². The minimum atomic E-state index is 0.706. The quantitative estimate of drug-likeness (QED) is 0.694. The molecule has 0 aliphatic heterocycles. The van der Waals surface area contributed by atoms with Crippen LogP contribution in [0.4, 0.5) is 0 Å². The van der Waals surface area contributed by atoms with E-state index in [0.717, 1.165) is 32.7 Å². The van der Waals surface area contributed by atoms with Gasteiger partial charge < -0.3 is 5.32 Å². The number of aromatic nitrogens is 1. The first-order valence-electron chi connectivity index (χ1n) is 7.52. The maximum atomic E-state index is 4.57. The number of nitrogens with one attached hydrogen (secondary N) is 1. The minimum Gasteiger partial charge on any atom is -0.313 e. The molecule has 1 aromatic heterocycles. The molecule has 0 aliphatic rings. The van der Waals surface area contributed by atoms with Crippen LogP contribution in [0, 0.1) is 5.92 Å². The summed E-state index contributed by atoms with van der Waals surface area (Å²) in [6.45, 7) is 14.1. The van der Waals surface area contributed by atoms with Crippen LogP contribution in [0.2, 0.25) is 0 Å². The highest BCUT2D eigenvalue weighted by Gasteiger charge is 2.06. The Morgan fingerprint density at radius 1 is 1.26 bits per heavy atom. The molecule has 0 amide bonds. The Kier molecular flexibility index (Phi) is 7.68. The third-order valence-electron chi connectivity index (χ3n) is 3.10. The zero-order chi connectivity index (χ0) is 14.1. The van der Waals surface area contributed by atoms with Crippen molar-refractivity contribution in [2.24, 2.45) is 5.92 Å². The molecule has 0 bridgehead atoms. The molecule has 1 heterocycles. The summed E-state index contributed by atoms with van der Waals surface area (Å²) in [5, 5.41) is 3.40. The molecule has 0 radical (unpaired) electrons. The fourth-order valence-electron chi connectivity index (χ4n) is 2.11. The van der Waals surface area contributed by atoms with E-state index in [4.69, 9.17) is 0 Å². The maximum Gasteiger partial charge on any atom is 0.0544 e. The summed E-state index contributed by atoms with van der Waals surface area (Å²) in [4.78, 5) is 7.02. The molecule has 3 nitrogen and oxygen atoms in total. The Bertz CT molecular complexity index is 332. The van der Waals surface area contributed by atoms with Gasteiger partial charge in [-0.3, -0.25) is 9.88 Å². The van der Waals surface area contributed by atoms with E-state index in [0.29, 0.717) is 5.92 Å². The molecule has 3 heteroatoms. The highest BCUT2D eigenvalue weighted by atomic mass is 15.1. The van der Waals surface area contributed by atoms with Crippen LogP contribution in [0.15, 0.2) is 18.3 Å². The van der Waals surface area contributed by atoms with Crippen LogP contribution in [0.1, 0.15) is 45.4 Å². The topological polar surface area (TPSA) is 28.2 Å². The number of pyridine rings is 1. The van der Waals surface area contributed by atoms with Gasteiger partial charge in [0.1, 0.15) is 0 Å². The molecule has 0 spiro atoms. The van der Waals surface area contributed by atoms with E-state index >= 15 is 0 Å². The van der Waals surface area contributed by atoms with Gasteiger partial charge in [0.05, 0.1) is 5.69 Å². The van der Waals surface area contributed by atoms with Crippen molar-refractivity contribution in [1.29, 1.82) is 0 Å². The summed E-state index contributed by atoms with van der Waals surface area (Å²) < 4.78 is 0. The summed E-state index contributed by atoms with van der Waals surface area (Å²) in [5.41, 5.74) is 2.44. The van der Waals surface area contributed by atoms with Crippen LogP contribution >= 0.6 is 0 Å². The average molecular weight is 263 g/mol. The van der Waals surface area contributed by atoms with Gasteiger partial charge in [-0.1, -0.05) is 33.8 Å². The van der Waals surface area contributed by atoms with Crippen LogP contribution in [0.5, 0.6) is 0 Å². The van der Waals surface area contributed by atoms with Crippen molar-refractivity contribution in [3.8, 4) is 0 Å². The molecule has 0 aliphatic carbocycles.